The first-order valence-corrected chi connectivity index (χ1v) is 7.54. The number of nitro benzene ring substituents is 1. The highest BCUT2D eigenvalue weighted by molar-refractivity contribution is 9.10. The summed E-state index contributed by atoms with van der Waals surface area (Å²) in [5, 5.41) is 10.9. The molecule has 1 saturated heterocycles. The molecule has 1 fully saturated rings. The minimum absolute atomic E-state index is 0.136. The molecule has 110 valence electrons. The molecule has 0 spiro atoms. The molecule has 20 heavy (non-hydrogen) atoms. The molecule has 0 aliphatic carbocycles. The minimum Gasteiger partial charge on any atom is -0.384 e. The first-order chi connectivity index (χ1) is 9.61. The summed E-state index contributed by atoms with van der Waals surface area (Å²) in [6.07, 6.45) is 2.25. The maximum Gasteiger partial charge on any atom is 0.283 e. The summed E-state index contributed by atoms with van der Waals surface area (Å²) in [5.74, 6) is 0.643. The molecule has 0 amide bonds. The zero-order valence-corrected chi connectivity index (χ0v) is 13.1. The van der Waals surface area contributed by atoms with Crippen molar-refractivity contribution in [3.63, 3.8) is 0 Å². The Bertz CT molecular complexity index is 473. The Labute approximate surface area is 127 Å². The van der Waals surface area contributed by atoms with Crippen molar-refractivity contribution in [3.8, 4) is 0 Å². The van der Waals surface area contributed by atoms with Crippen LogP contribution in [0.15, 0.2) is 22.7 Å². The Morgan fingerprint density at radius 3 is 2.75 bits per heavy atom. The van der Waals surface area contributed by atoms with Gasteiger partial charge in [-0.3, -0.25) is 15.0 Å². The van der Waals surface area contributed by atoms with E-state index >= 15 is 0 Å². The normalized spacial score (nSPS) is 17.3. The summed E-state index contributed by atoms with van der Waals surface area (Å²) in [7, 11) is 1.74. The average molecular weight is 343 g/mol. The summed E-state index contributed by atoms with van der Waals surface area (Å²) in [6.45, 7) is 3.61. The van der Waals surface area contributed by atoms with Gasteiger partial charge in [0.15, 0.2) is 0 Å². The first kappa shape index (κ1) is 15.4. The van der Waals surface area contributed by atoms with Gasteiger partial charge in [0.2, 0.25) is 0 Å². The van der Waals surface area contributed by atoms with Crippen LogP contribution in [0.3, 0.4) is 0 Å². The third kappa shape index (κ3) is 3.77. The Hall–Kier alpha value is -0.980. The average Bonchev–Trinajstić information content (AvgIpc) is 2.43. The molecule has 0 bridgehead atoms. The number of benzene rings is 1. The largest absolute Gasteiger partial charge is 0.384 e. The van der Waals surface area contributed by atoms with Gasteiger partial charge in [0.1, 0.15) is 0 Å². The van der Waals surface area contributed by atoms with E-state index in [1.807, 2.05) is 6.07 Å². The highest BCUT2D eigenvalue weighted by Gasteiger charge is 2.21. The van der Waals surface area contributed by atoms with Crippen LogP contribution in [0, 0.1) is 16.0 Å². The molecular formula is C14H19BrN2O3. The molecular weight excluding hydrogens is 324 g/mol. The van der Waals surface area contributed by atoms with Crippen molar-refractivity contribution in [2.75, 3.05) is 26.8 Å². The van der Waals surface area contributed by atoms with Crippen molar-refractivity contribution in [1.82, 2.24) is 4.90 Å². The number of piperidine rings is 1. The van der Waals surface area contributed by atoms with Gasteiger partial charge in [0.05, 0.1) is 9.40 Å². The molecule has 0 radical (unpaired) electrons. The molecule has 1 aromatic carbocycles. The van der Waals surface area contributed by atoms with E-state index in [4.69, 9.17) is 4.74 Å². The molecule has 0 atom stereocenters. The molecule has 0 saturated carbocycles. The predicted molar refractivity (Wildman–Crippen MR) is 80.7 cm³/mol. The molecule has 1 aliphatic heterocycles. The van der Waals surface area contributed by atoms with Crippen LogP contribution in [0.1, 0.15) is 18.4 Å². The SMILES string of the molecule is COCC1CCN(Cc2cccc([N+](=O)[O-])c2Br)CC1. The lowest BCUT2D eigenvalue weighted by molar-refractivity contribution is -0.385. The van der Waals surface area contributed by atoms with E-state index in [9.17, 15) is 10.1 Å². The Morgan fingerprint density at radius 1 is 1.45 bits per heavy atom. The number of methoxy groups -OCH3 is 1. The number of likely N-dealkylation sites (tertiary alicyclic amines) is 1. The minimum atomic E-state index is -0.349. The molecule has 5 nitrogen and oxygen atoms in total. The fraction of sp³-hybridized carbons (Fsp3) is 0.571. The van der Waals surface area contributed by atoms with Gasteiger partial charge in [-0.15, -0.1) is 0 Å². The van der Waals surface area contributed by atoms with Crippen molar-refractivity contribution in [3.05, 3.63) is 38.3 Å². The predicted octanol–water partition coefficient (Wildman–Crippen LogP) is 3.22. The Kier molecular flexibility index (Phi) is 5.51. The van der Waals surface area contributed by atoms with Crippen molar-refractivity contribution in [2.45, 2.75) is 19.4 Å². The van der Waals surface area contributed by atoms with Crippen molar-refractivity contribution in [1.29, 1.82) is 0 Å². The first-order valence-electron chi connectivity index (χ1n) is 6.75. The van der Waals surface area contributed by atoms with Gasteiger partial charge in [-0.25, -0.2) is 0 Å². The van der Waals surface area contributed by atoms with Crippen molar-refractivity contribution < 1.29 is 9.66 Å². The third-order valence-corrected chi connectivity index (χ3v) is 4.67. The van der Waals surface area contributed by atoms with E-state index < -0.39 is 0 Å². The number of rotatable bonds is 5. The lowest BCUT2D eigenvalue weighted by Gasteiger charge is -2.31. The third-order valence-electron chi connectivity index (χ3n) is 3.76. The Balaban J connectivity index is 1.98. The van der Waals surface area contributed by atoms with Crippen LogP contribution in [0.2, 0.25) is 0 Å². The number of halogens is 1. The highest BCUT2D eigenvalue weighted by Crippen LogP contribution is 2.30. The van der Waals surface area contributed by atoms with Gasteiger partial charge in [-0.2, -0.15) is 0 Å². The molecule has 0 N–H and O–H groups in total. The van der Waals surface area contributed by atoms with Gasteiger partial charge >= 0.3 is 0 Å². The van der Waals surface area contributed by atoms with E-state index in [1.165, 1.54) is 6.07 Å². The van der Waals surface area contributed by atoms with Crippen molar-refractivity contribution >= 4 is 21.6 Å². The molecule has 0 aromatic heterocycles. The van der Waals surface area contributed by atoms with Crippen LogP contribution in [0.4, 0.5) is 5.69 Å². The number of hydrogen-bond acceptors (Lipinski definition) is 4. The van der Waals surface area contributed by atoms with E-state index in [0.717, 1.165) is 44.6 Å². The van der Waals surface area contributed by atoms with Crippen LogP contribution in [0.25, 0.3) is 0 Å². The van der Waals surface area contributed by atoms with Crippen LogP contribution >= 0.6 is 15.9 Å². The highest BCUT2D eigenvalue weighted by atomic mass is 79.9. The summed E-state index contributed by atoms with van der Waals surface area (Å²) in [6, 6.07) is 5.21. The van der Waals surface area contributed by atoms with E-state index in [0.29, 0.717) is 10.4 Å². The molecule has 1 aromatic rings. The quantitative estimate of drug-likeness (QED) is 0.609. The van der Waals surface area contributed by atoms with Gasteiger partial charge in [-0.05, 0) is 53.3 Å². The number of nitro groups is 1. The molecule has 2 rings (SSSR count). The summed E-state index contributed by atoms with van der Waals surface area (Å²) in [5.41, 5.74) is 1.11. The van der Waals surface area contributed by atoms with E-state index in [2.05, 4.69) is 20.8 Å². The fourth-order valence-corrected chi connectivity index (χ4v) is 3.15. The second kappa shape index (κ2) is 7.15. The van der Waals surface area contributed by atoms with Gasteiger partial charge in [0, 0.05) is 26.3 Å². The molecule has 6 heteroatoms. The van der Waals surface area contributed by atoms with Crippen LogP contribution in [-0.4, -0.2) is 36.6 Å². The monoisotopic (exact) mass is 342 g/mol. The smallest absolute Gasteiger partial charge is 0.283 e. The number of ether oxygens (including phenoxy) is 1. The van der Waals surface area contributed by atoms with E-state index in [1.54, 1.807) is 13.2 Å². The molecule has 1 aliphatic rings. The second-order valence-electron chi connectivity index (χ2n) is 5.18. The zero-order valence-electron chi connectivity index (χ0n) is 11.5. The molecule has 1 heterocycles. The summed E-state index contributed by atoms with van der Waals surface area (Å²) < 4.78 is 5.80. The second-order valence-corrected chi connectivity index (χ2v) is 5.98. The maximum absolute atomic E-state index is 10.9. The number of hydrogen-bond donors (Lipinski definition) is 0. The fourth-order valence-electron chi connectivity index (χ4n) is 2.62. The topological polar surface area (TPSA) is 55.6 Å². The number of nitrogens with zero attached hydrogens (tertiary/aromatic N) is 2. The maximum atomic E-state index is 10.9. The lowest BCUT2D eigenvalue weighted by atomic mass is 9.97. The van der Waals surface area contributed by atoms with E-state index in [-0.39, 0.29) is 10.6 Å². The lowest BCUT2D eigenvalue weighted by Crippen LogP contribution is -2.34. The Morgan fingerprint density at radius 2 is 2.15 bits per heavy atom. The van der Waals surface area contributed by atoms with Gasteiger partial charge in [0.25, 0.3) is 5.69 Å². The summed E-state index contributed by atoms with van der Waals surface area (Å²) >= 11 is 3.36. The molecule has 0 unspecified atom stereocenters. The van der Waals surface area contributed by atoms with Crippen LogP contribution in [0.5, 0.6) is 0 Å². The zero-order chi connectivity index (χ0) is 14.5. The van der Waals surface area contributed by atoms with Gasteiger partial charge < -0.3 is 4.74 Å². The summed E-state index contributed by atoms with van der Waals surface area (Å²) in [4.78, 5) is 12.9. The van der Waals surface area contributed by atoms with Gasteiger partial charge in [-0.1, -0.05) is 12.1 Å². The standard InChI is InChI=1S/C14H19BrN2O3/c1-20-10-11-5-7-16(8-6-11)9-12-3-2-4-13(14(12)15)17(18)19/h2-4,11H,5-10H2,1H3. The van der Waals surface area contributed by atoms with Crippen molar-refractivity contribution in [2.24, 2.45) is 5.92 Å². The van der Waals surface area contributed by atoms with Crippen LogP contribution in [-0.2, 0) is 11.3 Å². The van der Waals surface area contributed by atoms with Crippen LogP contribution < -0.4 is 0 Å².